The van der Waals surface area contributed by atoms with Crippen LogP contribution in [0.15, 0.2) is 53.7 Å². The molecule has 2 aromatic rings. The number of likely N-dealkylation sites (tertiary alicyclic amines) is 1. The second kappa shape index (κ2) is 9.65. The summed E-state index contributed by atoms with van der Waals surface area (Å²) in [6, 6.07) is 12.9. The molecule has 0 aliphatic carbocycles. The molecular weight excluding hydrogens is 406 g/mol. The molecule has 2 amide bonds. The third-order valence-electron chi connectivity index (χ3n) is 5.19. The number of amides is 2. The standard InChI is InChI=1S/C21H25N3O3S2/c1-28-14-18(26)24-12-10-21(17(25)13-24,15-7-4-3-5-8-15)23-19(27)16-9-6-11-22-20(16)29-2/h3-9,11,17,25H,10,12-14H2,1-2H3,(H,23,27)/t17-,21+/m1/s1. The van der Waals surface area contributed by atoms with Gasteiger partial charge >= 0.3 is 0 Å². The minimum Gasteiger partial charge on any atom is -0.388 e. The highest BCUT2D eigenvalue weighted by Gasteiger charge is 2.46. The number of nitrogens with one attached hydrogen (secondary N) is 1. The first-order valence-corrected chi connectivity index (χ1v) is 12.0. The number of β-amino-alcohol motifs (C(OH)–C–C–N with tert-alkyl or cyclic N) is 1. The number of carbonyl (C=O) groups is 2. The number of piperidine rings is 1. The van der Waals surface area contributed by atoms with E-state index in [-0.39, 0.29) is 18.4 Å². The molecule has 1 aliphatic heterocycles. The quantitative estimate of drug-likeness (QED) is 0.684. The maximum Gasteiger partial charge on any atom is 0.254 e. The van der Waals surface area contributed by atoms with Crippen LogP contribution >= 0.6 is 23.5 Å². The number of pyridine rings is 1. The first-order valence-electron chi connectivity index (χ1n) is 9.33. The Morgan fingerprint density at radius 3 is 2.66 bits per heavy atom. The van der Waals surface area contributed by atoms with Crippen LogP contribution in [0.4, 0.5) is 0 Å². The lowest BCUT2D eigenvalue weighted by Gasteiger charge is -2.46. The lowest BCUT2D eigenvalue weighted by atomic mass is 9.78. The van der Waals surface area contributed by atoms with E-state index < -0.39 is 11.6 Å². The van der Waals surface area contributed by atoms with E-state index in [4.69, 9.17) is 0 Å². The number of carbonyl (C=O) groups excluding carboxylic acids is 2. The van der Waals surface area contributed by atoms with E-state index in [2.05, 4.69) is 10.3 Å². The highest BCUT2D eigenvalue weighted by Crippen LogP contribution is 2.34. The van der Waals surface area contributed by atoms with Crippen LogP contribution in [0.25, 0.3) is 0 Å². The number of aromatic nitrogens is 1. The normalized spacial score (nSPS) is 21.6. The van der Waals surface area contributed by atoms with Gasteiger partial charge in [0.25, 0.3) is 5.91 Å². The van der Waals surface area contributed by atoms with E-state index in [0.717, 1.165) is 5.56 Å². The second-order valence-electron chi connectivity index (χ2n) is 6.89. The predicted octanol–water partition coefficient (Wildman–Crippen LogP) is 2.39. The summed E-state index contributed by atoms with van der Waals surface area (Å²) in [7, 11) is 0. The summed E-state index contributed by atoms with van der Waals surface area (Å²) in [6.45, 7) is 0.644. The van der Waals surface area contributed by atoms with E-state index >= 15 is 0 Å². The summed E-state index contributed by atoms with van der Waals surface area (Å²) in [5.41, 5.74) is 0.329. The average molecular weight is 432 g/mol. The van der Waals surface area contributed by atoms with Crippen LogP contribution in [0.3, 0.4) is 0 Å². The largest absolute Gasteiger partial charge is 0.388 e. The lowest BCUT2D eigenvalue weighted by Crippen LogP contribution is -2.62. The molecule has 0 radical (unpaired) electrons. The molecule has 1 aromatic carbocycles. The molecule has 6 nitrogen and oxygen atoms in total. The van der Waals surface area contributed by atoms with Gasteiger partial charge in [0.2, 0.25) is 5.91 Å². The van der Waals surface area contributed by atoms with Gasteiger partial charge in [-0.1, -0.05) is 30.3 Å². The fourth-order valence-electron chi connectivity index (χ4n) is 3.66. The van der Waals surface area contributed by atoms with E-state index in [1.807, 2.05) is 42.8 Å². The molecule has 1 aliphatic rings. The molecular formula is C21H25N3O3S2. The van der Waals surface area contributed by atoms with Gasteiger partial charge in [-0.05, 0) is 36.6 Å². The zero-order valence-electron chi connectivity index (χ0n) is 16.5. The van der Waals surface area contributed by atoms with E-state index in [0.29, 0.717) is 29.3 Å². The van der Waals surface area contributed by atoms with Crippen molar-refractivity contribution in [3.05, 3.63) is 59.8 Å². The maximum absolute atomic E-state index is 13.2. The number of hydrogen-bond donors (Lipinski definition) is 2. The van der Waals surface area contributed by atoms with Gasteiger partial charge in [-0.25, -0.2) is 4.98 Å². The molecule has 0 bridgehead atoms. The molecule has 8 heteroatoms. The molecule has 1 saturated heterocycles. The minimum absolute atomic E-state index is 0.00136. The molecule has 154 valence electrons. The van der Waals surface area contributed by atoms with Crippen molar-refractivity contribution in [1.82, 2.24) is 15.2 Å². The zero-order valence-corrected chi connectivity index (χ0v) is 18.1. The highest BCUT2D eigenvalue weighted by atomic mass is 32.2. The first kappa shape index (κ1) is 21.7. The Kier molecular flexibility index (Phi) is 7.21. The van der Waals surface area contributed by atoms with Crippen molar-refractivity contribution in [3.8, 4) is 0 Å². The van der Waals surface area contributed by atoms with Gasteiger partial charge in [-0.3, -0.25) is 9.59 Å². The van der Waals surface area contributed by atoms with Crippen molar-refractivity contribution in [3.63, 3.8) is 0 Å². The fraction of sp³-hybridized carbons (Fsp3) is 0.381. The number of thioether (sulfide) groups is 2. The topological polar surface area (TPSA) is 82.5 Å². The summed E-state index contributed by atoms with van der Waals surface area (Å²) >= 11 is 2.86. The molecule has 2 atom stereocenters. The lowest BCUT2D eigenvalue weighted by molar-refractivity contribution is -0.134. The summed E-state index contributed by atoms with van der Waals surface area (Å²) in [4.78, 5) is 31.4. The van der Waals surface area contributed by atoms with Crippen LogP contribution in [0.1, 0.15) is 22.3 Å². The maximum atomic E-state index is 13.2. The van der Waals surface area contributed by atoms with Gasteiger partial charge in [-0.2, -0.15) is 11.8 Å². The molecule has 2 N–H and O–H groups in total. The number of aliphatic hydroxyl groups is 1. The van der Waals surface area contributed by atoms with Gasteiger partial charge in [-0.15, -0.1) is 11.8 Å². The molecule has 29 heavy (non-hydrogen) atoms. The third-order valence-corrected chi connectivity index (χ3v) is 6.44. The van der Waals surface area contributed by atoms with Crippen molar-refractivity contribution in [2.75, 3.05) is 31.4 Å². The van der Waals surface area contributed by atoms with E-state index in [1.54, 1.807) is 23.2 Å². The van der Waals surface area contributed by atoms with Gasteiger partial charge in [0.05, 0.1) is 23.0 Å². The van der Waals surface area contributed by atoms with Crippen LogP contribution in [-0.4, -0.2) is 64.3 Å². The summed E-state index contributed by atoms with van der Waals surface area (Å²) in [6.07, 6.45) is 4.91. The smallest absolute Gasteiger partial charge is 0.254 e. The predicted molar refractivity (Wildman–Crippen MR) is 117 cm³/mol. The molecule has 1 fully saturated rings. The Hall–Kier alpha value is -2.03. The van der Waals surface area contributed by atoms with Gasteiger partial charge in [0.1, 0.15) is 5.03 Å². The monoisotopic (exact) mass is 431 g/mol. The Morgan fingerprint density at radius 2 is 2.00 bits per heavy atom. The van der Waals surface area contributed by atoms with Crippen LogP contribution < -0.4 is 5.32 Å². The van der Waals surface area contributed by atoms with Gasteiger partial charge in [0, 0.05) is 19.3 Å². The first-order chi connectivity index (χ1) is 14.0. The van der Waals surface area contributed by atoms with E-state index in [9.17, 15) is 14.7 Å². The van der Waals surface area contributed by atoms with Crippen LogP contribution in [0.2, 0.25) is 0 Å². The van der Waals surface area contributed by atoms with Crippen molar-refractivity contribution in [2.24, 2.45) is 0 Å². The van der Waals surface area contributed by atoms with Crippen molar-refractivity contribution in [2.45, 2.75) is 23.1 Å². The summed E-state index contributed by atoms with van der Waals surface area (Å²) in [5, 5.41) is 14.9. The Labute approximate surface area is 179 Å². The van der Waals surface area contributed by atoms with E-state index in [1.165, 1.54) is 23.5 Å². The molecule has 2 heterocycles. The number of aliphatic hydroxyl groups excluding tert-OH is 1. The van der Waals surface area contributed by atoms with Gasteiger partial charge in [0.15, 0.2) is 0 Å². The Balaban J connectivity index is 1.92. The third kappa shape index (κ3) is 4.60. The average Bonchev–Trinajstić information content (AvgIpc) is 2.75. The molecule has 1 aromatic heterocycles. The minimum atomic E-state index is -0.972. The second-order valence-corrected chi connectivity index (χ2v) is 8.55. The van der Waals surface area contributed by atoms with Gasteiger partial charge < -0.3 is 15.3 Å². The van der Waals surface area contributed by atoms with Crippen LogP contribution in [-0.2, 0) is 10.3 Å². The Morgan fingerprint density at radius 1 is 1.24 bits per heavy atom. The summed E-state index contributed by atoms with van der Waals surface area (Å²) < 4.78 is 0. The Bertz CT molecular complexity index is 865. The molecule has 3 rings (SSSR count). The van der Waals surface area contributed by atoms with Crippen LogP contribution in [0, 0.1) is 0 Å². The number of benzene rings is 1. The van der Waals surface area contributed by atoms with Crippen molar-refractivity contribution < 1.29 is 14.7 Å². The van der Waals surface area contributed by atoms with Crippen LogP contribution in [0.5, 0.6) is 0 Å². The highest BCUT2D eigenvalue weighted by molar-refractivity contribution is 7.99. The molecule has 0 saturated carbocycles. The SMILES string of the molecule is CSCC(=O)N1CC[C@](NC(=O)c2cccnc2SC)(c2ccccc2)[C@H](O)C1. The van der Waals surface area contributed by atoms with Crippen molar-refractivity contribution in [1.29, 1.82) is 0 Å². The fourth-order valence-corrected chi connectivity index (χ4v) is 4.64. The number of hydrogen-bond acceptors (Lipinski definition) is 6. The molecule has 0 unspecified atom stereocenters. The zero-order chi connectivity index (χ0) is 20.9. The summed E-state index contributed by atoms with van der Waals surface area (Å²) in [5.74, 6) is 0.0974. The number of nitrogens with zero attached hydrogens (tertiary/aromatic N) is 2. The molecule has 0 spiro atoms. The number of rotatable bonds is 6. The van der Waals surface area contributed by atoms with Crippen molar-refractivity contribution >= 4 is 35.3 Å².